The highest BCUT2D eigenvalue weighted by atomic mass is 15.2. The van der Waals surface area contributed by atoms with Crippen LogP contribution >= 0.6 is 0 Å². The number of hydrogen-bond acceptors (Lipinski definition) is 2. The Bertz CT molecular complexity index is 236. The Labute approximate surface area is 61.1 Å². The first-order valence-electron chi connectivity index (χ1n) is 3.64. The molecule has 10 heavy (non-hydrogen) atoms. The van der Waals surface area contributed by atoms with E-state index in [-0.39, 0.29) is 11.1 Å². The normalized spacial score (nSPS) is 50.0. The van der Waals surface area contributed by atoms with Gasteiger partial charge < -0.3 is 0 Å². The Morgan fingerprint density at radius 2 is 1.10 bits per heavy atom. The molecular weight excluding hydrogens is 124 g/mol. The highest BCUT2D eigenvalue weighted by Crippen LogP contribution is 2.48. The largest absolute Gasteiger partial charge is 0.276 e. The van der Waals surface area contributed by atoms with Crippen molar-refractivity contribution in [2.24, 2.45) is 9.98 Å². The maximum atomic E-state index is 4.37. The monoisotopic (exact) mass is 136 g/mol. The van der Waals surface area contributed by atoms with Gasteiger partial charge in [-0.3, -0.25) is 9.98 Å². The SMILES string of the molecule is CC1=NC1(C)C1(C)N=C1C. The summed E-state index contributed by atoms with van der Waals surface area (Å²) < 4.78 is 0. The molecule has 2 rings (SSSR count). The molecule has 0 aromatic rings. The van der Waals surface area contributed by atoms with E-state index < -0.39 is 0 Å². The fourth-order valence-corrected chi connectivity index (χ4v) is 1.54. The van der Waals surface area contributed by atoms with Gasteiger partial charge in [0, 0.05) is 11.4 Å². The second-order valence-corrected chi connectivity index (χ2v) is 3.54. The molecule has 2 aliphatic rings. The van der Waals surface area contributed by atoms with Gasteiger partial charge >= 0.3 is 0 Å². The standard InChI is InChI=1S/C8H12N2/c1-5-7(3,9-5)8(4)6(2)10-8/h1-4H3. The van der Waals surface area contributed by atoms with E-state index in [1.54, 1.807) is 0 Å². The zero-order valence-electron chi connectivity index (χ0n) is 6.89. The lowest BCUT2D eigenvalue weighted by Gasteiger charge is -2.15. The molecule has 0 radical (unpaired) electrons. The molecule has 0 saturated carbocycles. The van der Waals surface area contributed by atoms with Gasteiger partial charge in [0.1, 0.15) is 11.1 Å². The first kappa shape index (κ1) is 6.08. The van der Waals surface area contributed by atoms with E-state index in [2.05, 4.69) is 37.7 Å². The second-order valence-electron chi connectivity index (χ2n) is 3.54. The summed E-state index contributed by atoms with van der Waals surface area (Å²) in [5.41, 5.74) is 2.62. The molecule has 2 unspecified atom stereocenters. The predicted molar refractivity (Wildman–Crippen MR) is 43.0 cm³/mol. The molecule has 0 fully saturated rings. The summed E-state index contributed by atoms with van der Waals surface area (Å²) in [6.07, 6.45) is 0. The van der Waals surface area contributed by atoms with Gasteiger partial charge in [-0.25, -0.2) is 0 Å². The van der Waals surface area contributed by atoms with Crippen molar-refractivity contribution >= 4 is 11.4 Å². The lowest BCUT2D eigenvalue weighted by molar-refractivity contribution is 0.571. The van der Waals surface area contributed by atoms with Crippen molar-refractivity contribution < 1.29 is 0 Å². The summed E-state index contributed by atoms with van der Waals surface area (Å²) in [5, 5.41) is 0. The van der Waals surface area contributed by atoms with Gasteiger partial charge in [0.25, 0.3) is 0 Å². The summed E-state index contributed by atoms with van der Waals surface area (Å²) >= 11 is 0. The molecule has 0 spiro atoms. The third kappa shape index (κ3) is 0.425. The molecule has 2 nitrogen and oxygen atoms in total. The van der Waals surface area contributed by atoms with E-state index in [0.717, 1.165) is 0 Å². The van der Waals surface area contributed by atoms with E-state index in [0.29, 0.717) is 0 Å². The Morgan fingerprint density at radius 1 is 0.900 bits per heavy atom. The van der Waals surface area contributed by atoms with Gasteiger partial charge in [-0.15, -0.1) is 0 Å². The van der Waals surface area contributed by atoms with Gasteiger partial charge in [-0.05, 0) is 27.7 Å². The van der Waals surface area contributed by atoms with Crippen LogP contribution in [0.4, 0.5) is 0 Å². The summed E-state index contributed by atoms with van der Waals surface area (Å²) in [7, 11) is 0. The van der Waals surface area contributed by atoms with Crippen LogP contribution in [0, 0.1) is 0 Å². The van der Waals surface area contributed by atoms with Crippen LogP contribution in [-0.2, 0) is 0 Å². The molecule has 2 aliphatic heterocycles. The molecule has 0 aliphatic carbocycles. The maximum Gasteiger partial charge on any atom is 0.125 e. The minimum absolute atomic E-state index is 0.0666. The minimum atomic E-state index is 0.0666. The molecule has 0 bridgehead atoms. The van der Waals surface area contributed by atoms with Crippen LogP contribution in [0.5, 0.6) is 0 Å². The lowest BCUT2D eigenvalue weighted by atomic mass is 9.86. The molecule has 2 atom stereocenters. The topological polar surface area (TPSA) is 24.7 Å². The number of aliphatic imine (C=N–C) groups is 2. The van der Waals surface area contributed by atoms with Crippen molar-refractivity contribution in [3.63, 3.8) is 0 Å². The first-order valence-corrected chi connectivity index (χ1v) is 3.64. The second kappa shape index (κ2) is 1.20. The van der Waals surface area contributed by atoms with E-state index in [1.807, 2.05) is 0 Å². The highest BCUT2D eigenvalue weighted by molar-refractivity contribution is 6.17. The van der Waals surface area contributed by atoms with Crippen LogP contribution in [0.25, 0.3) is 0 Å². The van der Waals surface area contributed by atoms with Gasteiger partial charge in [0.05, 0.1) is 0 Å². The van der Waals surface area contributed by atoms with Crippen LogP contribution < -0.4 is 0 Å². The molecule has 2 heteroatoms. The molecule has 0 aromatic heterocycles. The van der Waals surface area contributed by atoms with Gasteiger partial charge in [0.15, 0.2) is 0 Å². The number of hydrogen-bond donors (Lipinski definition) is 0. The van der Waals surface area contributed by atoms with Crippen LogP contribution in [0.1, 0.15) is 27.7 Å². The van der Waals surface area contributed by atoms with Crippen molar-refractivity contribution in [3.05, 3.63) is 0 Å². The molecule has 0 aromatic carbocycles. The fourth-order valence-electron chi connectivity index (χ4n) is 1.54. The van der Waals surface area contributed by atoms with E-state index >= 15 is 0 Å². The molecule has 54 valence electrons. The Balaban J connectivity index is 2.18. The van der Waals surface area contributed by atoms with Gasteiger partial charge in [-0.2, -0.15) is 0 Å². The van der Waals surface area contributed by atoms with Crippen LogP contribution in [0.15, 0.2) is 9.98 Å². The molecular formula is C8H12N2. The summed E-state index contributed by atoms with van der Waals surface area (Å²) in [4.78, 5) is 8.75. The average molecular weight is 136 g/mol. The highest BCUT2D eigenvalue weighted by Gasteiger charge is 2.62. The summed E-state index contributed by atoms with van der Waals surface area (Å²) in [5.74, 6) is 0. The van der Waals surface area contributed by atoms with Crippen molar-refractivity contribution in [1.82, 2.24) is 0 Å². The summed E-state index contributed by atoms with van der Waals surface area (Å²) in [6.45, 7) is 8.46. The lowest BCUT2D eigenvalue weighted by Crippen LogP contribution is -2.35. The van der Waals surface area contributed by atoms with Gasteiger partial charge in [-0.1, -0.05) is 0 Å². The fraction of sp³-hybridized carbons (Fsp3) is 0.750. The Hall–Kier alpha value is -0.660. The van der Waals surface area contributed by atoms with Crippen molar-refractivity contribution in [1.29, 1.82) is 0 Å². The Morgan fingerprint density at radius 3 is 1.20 bits per heavy atom. The number of nitrogens with zero attached hydrogens (tertiary/aromatic N) is 2. The molecule has 0 saturated heterocycles. The van der Waals surface area contributed by atoms with Crippen LogP contribution in [0.2, 0.25) is 0 Å². The third-order valence-corrected chi connectivity index (χ3v) is 3.04. The van der Waals surface area contributed by atoms with Gasteiger partial charge in [0.2, 0.25) is 0 Å². The van der Waals surface area contributed by atoms with E-state index in [9.17, 15) is 0 Å². The molecule has 0 amide bonds. The van der Waals surface area contributed by atoms with Crippen LogP contribution in [-0.4, -0.2) is 22.5 Å². The quantitative estimate of drug-likeness (QED) is 0.521. The zero-order chi connectivity index (χ0) is 7.57. The number of rotatable bonds is 1. The minimum Gasteiger partial charge on any atom is -0.276 e. The maximum absolute atomic E-state index is 4.37. The molecule has 0 N–H and O–H groups in total. The van der Waals surface area contributed by atoms with Crippen molar-refractivity contribution in [2.45, 2.75) is 38.8 Å². The predicted octanol–water partition coefficient (Wildman–Crippen LogP) is 1.45. The van der Waals surface area contributed by atoms with Crippen molar-refractivity contribution in [2.75, 3.05) is 0 Å². The van der Waals surface area contributed by atoms with E-state index in [1.165, 1.54) is 11.4 Å². The first-order chi connectivity index (χ1) is 4.51. The summed E-state index contributed by atoms with van der Waals surface area (Å²) in [6, 6.07) is 0. The average Bonchev–Trinajstić information content (AvgIpc) is 2.58. The van der Waals surface area contributed by atoms with Crippen molar-refractivity contribution in [3.8, 4) is 0 Å². The van der Waals surface area contributed by atoms with Crippen LogP contribution in [0.3, 0.4) is 0 Å². The third-order valence-electron chi connectivity index (χ3n) is 3.04. The Kier molecular flexibility index (Phi) is 0.730. The van der Waals surface area contributed by atoms with E-state index in [4.69, 9.17) is 0 Å². The zero-order valence-corrected chi connectivity index (χ0v) is 6.89. The smallest absolute Gasteiger partial charge is 0.125 e. The molecule has 2 heterocycles.